The van der Waals surface area contributed by atoms with E-state index in [4.69, 9.17) is 9.47 Å². The van der Waals surface area contributed by atoms with Gasteiger partial charge in [0, 0.05) is 30.9 Å². The molecule has 21 heavy (non-hydrogen) atoms. The minimum Gasteiger partial charge on any atom is -0.492 e. The normalized spacial score (nSPS) is 10.8. The van der Waals surface area contributed by atoms with E-state index in [0.717, 1.165) is 22.5 Å². The SMILES string of the molecule is COCCNCc1cn(CCOc2cccc(Br)c2)nn1. The van der Waals surface area contributed by atoms with Crippen molar-refractivity contribution < 1.29 is 9.47 Å². The Kier molecular flexibility index (Phi) is 6.65. The average molecular weight is 355 g/mol. The van der Waals surface area contributed by atoms with Crippen molar-refractivity contribution in [1.82, 2.24) is 20.3 Å². The Morgan fingerprint density at radius 3 is 3.05 bits per heavy atom. The summed E-state index contributed by atoms with van der Waals surface area (Å²) < 4.78 is 13.4. The van der Waals surface area contributed by atoms with Gasteiger partial charge in [0.2, 0.25) is 0 Å². The molecule has 7 heteroatoms. The quantitative estimate of drug-likeness (QED) is 0.696. The second kappa shape index (κ2) is 8.76. The maximum atomic E-state index is 5.66. The maximum absolute atomic E-state index is 5.66. The molecule has 2 rings (SSSR count). The molecule has 1 N–H and O–H groups in total. The first-order valence-corrected chi connectivity index (χ1v) is 7.54. The predicted octanol–water partition coefficient (Wildman–Crippen LogP) is 1.86. The summed E-state index contributed by atoms with van der Waals surface area (Å²) in [7, 11) is 1.68. The van der Waals surface area contributed by atoms with Gasteiger partial charge >= 0.3 is 0 Å². The largest absolute Gasteiger partial charge is 0.492 e. The van der Waals surface area contributed by atoms with E-state index in [1.165, 1.54) is 0 Å². The van der Waals surface area contributed by atoms with E-state index in [0.29, 0.717) is 26.3 Å². The van der Waals surface area contributed by atoms with Gasteiger partial charge in [-0.15, -0.1) is 5.10 Å². The zero-order valence-corrected chi connectivity index (χ0v) is 13.5. The summed E-state index contributed by atoms with van der Waals surface area (Å²) in [5.41, 5.74) is 0.911. The highest BCUT2D eigenvalue weighted by molar-refractivity contribution is 9.10. The molecular weight excluding hydrogens is 336 g/mol. The topological polar surface area (TPSA) is 61.2 Å². The minimum atomic E-state index is 0.552. The van der Waals surface area contributed by atoms with E-state index < -0.39 is 0 Å². The van der Waals surface area contributed by atoms with Crippen LogP contribution in [-0.4, -0.2) is 41.9 Å². The Balaban J connectivity index is 1.70. The van der Waals surface area contributed by atoms with E-state index in [1.807, 2.05) is 30.5 Å². The summed E-state index contributed by atoms with van der Waals surface area (Å²) in [5, 5.41) is 11.4. The van der Waals surface area contributed by atoms with Crippen molar-refractivity contribution in [1.29, 1.82) is 0 Å². The number of methoxy groups -OCH3 is 1. The molecule has 0 unspecified atom stereocenters. The molecule has 0 spiro atoms. The second-order valence-electron chi connectivity index (χ2n) is 4.45. The summed E-state index contributed by atoms with van der Waals surface area (Å²) in [4.78, 5) is 0. The highest BCUT2D eigenvalue weighted by Crippen LogP contribution is 2.17. The molecular formula is C14H19BrN4O2. The molecule has 1 aromatic carbocycles. The maximum Gasteiger partial charge on any atom is 0.120 e. The molecule has 1 aromatic heterocycles. The Bertz CT molecular complexity index is 547. The first-order valence-electron chi connectivity index (χ1n) is 6.75. The summed E-state index contributed by atoms with van der Waals surface area (Å²) in [6.07, 6.45) is 1.92. The van der Waals surface area contributed by atoms with Crippen molar-refractivity contribution >= 4 is 15.9 Å². The van der Waals surface area contributed by atoms with Crippen molar-refractivity contribution in [2.24, 2.45) is 0 Å². The van der Waals surface area contributed by atoms with E-state index in [9.17, 15) is 0 Å². The van der Waals surface area contributed by atoms with Crippen LogP contribution in [0.2, 0.25) is 0 Å². The van der Waals surface area contributed by atoms with E-state index >= 15 is 0 Å². The van der Waals surface area contributed by atoms with E-state index in [-0.39, 0.29) is 0 Å². The predicted molar refractivity (Wildman–Crippen MR) is 83.2 cm³/mol. The van der Waals surface area contributed by atoms with Crippen LogP contribution in [0, 0.1) is 0 Å². The van der Waals surface area contributed by atoms with Gasteiger partial charge in [-0.3, -0.25) is 0 Å². The molecule has 0 bridgehead atoms. The lowest BCUT2D eigenvalue weighted by atomic mass is 10.3. The third-order valence-electron chi connectivity index (χ3n) is 2.76. The van der Waals surface area contributed by atoms with Gasteiger partial charge in [-0.1, -0.05) is 27.2 Å². The van der Waals surface area contributed by atoms with Crippen molar-refractivity contribution in [2.45, 2.75) is 13.1 Å². The first-order chi connectivity index (χ1) is 10.3. The number of benzene rings is 1. The van der Waals surface area contributed by atoms with Gasteiger partial charge in [0.1, 0.15) is 12.4 Å². The van der Waals surface area contributed by atoms with Gasteiger partial charge in [-0.2, -0.15) is 0 Å². The number of hydrogen-bond acceptors (Lipinski definition) is 5. The van der Waals surface area contributed by atoms with Crippen LogP contribution >= 0.6 is 15.9 Å². The van der Waals surface area contributed by atoms with Gasteiger partial charge in [-0.25, -0.2) is 4.68 Å². The highest BCUT2D eigenvalue weighted by atomic mass is 79.9. The number of nitrogens with one attached hydrogen (secondary N) is 1. The zero-order chi connectivity index (χ0) is 14.9. The molecule has 0 aliphatic rings. The lowest BCUT2D eigenvalue weighted by Gasteiger charge is -2.05. The van der Waals surface area contributed by atoms with Gasteiger partial charge in [0.15, 0.2) is 0 Å². The van der Waals surface area contributed by atoms with E-state index in [2.05, 4.69) is 31.6 Å². The Labute approximate surface area is 132 Å². The molecule has 0 aliphatic heterocycles. The lowest BCUT2D eigenvalue weighted by Crippen LogP contribution is -2.18. The Morgan fingerprint density at radius 2 is 2.24 bits per heavy atom. The molecule has 0 atom stereocenters. The number of rotatable bonds is 9. The number of hydrogen-bond donors (Lipinski definition) is 1. The Morgan fingerprint density at radius 1 is 1.33 bits per heavy atom. The van der Waals surface area contributed by atoms with Crippen molar-refractivity contribution in [3.8, 4) is 5.75 Å². The van der Waals surface area contributed by atoms with Crippen molar-refractivity contribution in [3.63, 3.8) is 0 Å². The molecule has 0 saturated carbocycles. The van der Waals surface area contributed by atoms with Gasteiger partial charge < -0.3 is 14.8 Å². The van der Waals surface area contributed by atoms with E-state index in [1.54, 1.807) is 11.8 Å². The standard InChI is InChI=1S/C14H19BrN4O2/c1-20-7-5-16-10-13-11-19(18-17-13)6-8-21-14-4-2-3-12(15)9-14/h2-4,9,11,16H,5-8,10H2,1H3. The highest BCUT2D eigenvalue weighted by Gasteiger charge is 2.01. The fourth-order valence-electron chi connectivity index (χ4n) is 1.73. The summed E-state index contributed by atoms with van der Waals surface area (Å²) in [5.74, 6) is 0.839. The number of halogens is 1. The fraction of sp³-hybridized carbons (Fsp3) is 0.429. The summed E-state index contributed by atoms with van der Waals surface area (Å²) in [6, 6.07) is 7.77. The first kappa shape index (κ1) is 15.9. The molecule has 6 nitrogen and oxygen atoms in total. The fourth-order valence-corrected chi connectivity index (χ4v) is 2.11. The summed E-state index contributed by atoms with van der Waals surface area (Å²) >= 11 is 3.41. The van der Waals surface area contributed by atoms with Gasteiger partial charge in [-0.05, 0) is 18.2 Å². The molecule has 0 fully saturated rings. The molecule has 114 valence electrons. The van der Waals surface area contributed by atoms with Crippen LogP contribution in [0.1, 0.15) is 5.69 Å². The number of nitrogens with zero attached hydrogens (tertiary/aromatic N) is 3. The molecule has 0 radical (unpaired) electrons. The number of ether oxygens (including phenoxy) is 2. The van der Waals surface area contributed by atoms with Crippen molar-refractivity contribution in [3.05, 3.63) is 40.6 Å². The van der Waals surface area contributed by atoms with Crippen LogP contribution in [-0.2, 0) is 17.8 Å². The van der Waals surface area contributed by atoms with Crippen LogP contribution in [0.3, 0.4) is 0 Å². The average Bonchev–Trinajstić information content (AvgIpc) is 2.92. The summed E-state index contributed by atoms with van der Waals surface area (Å²) in [6.45, 7) is 3.40. The third kappa shape index (κ3) is 5.82. The van der Waals surface area contributed by atoms with Gasteiger partial charge in [0.05, 0.1) is 18.8 Å². The molecule has 0 saturated heterocycles. The van der Waals surface area contributed by atoms with Crippen LogP contribution < -0.4 is 10.1 Å². The molecule has 2 aromatic rings. The lowest BCUT2D eigenvalue weighted by molar-refractivity contribution is 0.199. The smallest absolute Gasteiger partial charge is 0.120 e. The molecule has 0 aliphatic carbocycles. The minimum absolute atomic E-state index is 0.552. The van der Waals surface area contributed by atoms with Crippen LogP contribution in [0.5, 0.6) is 5.75 Å². The van der Waals surface area contributed by atoms with Crippen LogP contribution in [0.25, 0.3) is 0 Å². The van der Waals surface area contributed by atoms with Crippen molar-refractivity contribution in [2.75, 3.05) is 26.9 Å². The van der Waals surface area contributed by atoms with Gasteiger partial charge in [0.25, 0.3) is 0 Å². The Hall–Kier alpha value is -1.44. The molecule has 1 heterocycles. The second-order valence-corrected chi connectivity index (χ2v) is 5.36. The number of aromatic nitrogens is 3. The monoisotopic (exact) mass is 354 g/mol. The molecule has 0 amide bonds. The van der Waals surface area contributed by atoms with Crippen LogP contribution in [0.15, 0.2) is 34.9 Å². The third-order valence-corrected chi connectivity index (χ3v) is 3.25. The van der Waals surface area contributed by atoms with Crippen LogP contribution in [0.4, 0.5) is 0 Å². The zero-order valence-electron chi connectivity index (χ0n) is 12.0.